The molecule has 0 aromatic heterocycles. The number of carbonyl (C=O) groups is 1. The van der Waals surface area contributed by atoms with Crippen molar-refractivity contribution in [3.05, 3.63) is 28.8 Å². The summed E-state index contributed by atoms with van der Waals surface area (Å²) in [7, 11) is -3.70. The zero-order chi connectivity index (χ0) is 14.5. The van der Waals surface area contributed by atoms with Crippen LogP contribution in [0.1, 0.15) is 23.7 Å². The molecule has 2 N–H and O–H groups in total. The lowest BCUT2D eigenvalue weighted by Crippen LogP contribution is -2.24. The summed E-state index contributed by atoms with van der Waals surface area (Å²) in [4.78, 5) is 10.7. The molecule has 0 heterocycles. The molecule has 0 bridgehead atoms. The van der Waals surface area contributed by atoms with E-state index in [-0.39, 0.29) is 22.0 Å². The van der Waals surface area contributed by atoms with Crippen LogP contribution in [0.15, 0.2) is 23.1 Å². The molecule has 0 saturated heterocycles. The molecule has 7 heteroatoms. The maximum absolute atomic E-state index is 11.9. The van der Waals surface area contributed by atoms with Gasteiger partial charge >= 0.3 is 5.97 Å². The first-order valence-electron chi connectivity index (χ1n) is 5.30. The van der Waals surface area contributed by atoms with Crippen LogP contribution >= 0.6 is 11.6 Å². The Morgan fingerprint density at radius 2 is 2.16 bits per heavy atom. The number of carboxylic acid groups (broad SMARTS) is 1. The second kappa shape index (κ2) is 6.57. The molecule has 1 rings (SSSR count). The normalized spacial score (nSPS) is 10.6. The van der Waals surface area contributed by atoms with Gasteiger partial charge in [0.05, 0.1) is 15.5 Å². The van der Waals surface area contributed by atoms with E-state index < -0.39 is 16.0 Å². The Morgan fingerprint density at radius 3 is 2.68 bits per heavy atom. The fraction of sp³-hybridized carbons (Fsp3) is 0.250. The lowest BCUT2D eigenvalue weighted by molar-refractivity contribution is 0.0697. The summed E-state index contributed by atoms with van der Waals surface area (Å²) in [5, 5.41) is 8.67. The van der Waals surface area contributed by atoms with Crippen LogP contribution in [0, 0.1) is 11.8 Å². The molecule has 0 amide bonds. The smallest absolute Gasteiger partial charge is 0.337 e. The maximum atomic E-state index is 11.9. The highest BCUT2D eigenvalue weighted by Crippen LogP contribution is 2.20. The molecule has 19 heavy (non-hydrogen) atoms. The Labute approximate surface area is 116 Å². The van der Waals surface area contributed by atoms with Crippen molar-refractivity contribution >= 4 is 27.6 Å². The van der Waals surface area contributed by atoms with Crippen molar-refractivity contribution in [2.45, 2.75) is 18.2 Å². The Balaban J connectivity index is 2.92. The zero-order valence-corrected chi connectivity index (χ0v) is 11.7. The van der Waals surface area contributed by atoms with Crippen LogP contribution in [0.2, 0.25) is 5.02 Å². The molecule has 0 aliphatic rings. The minimum Gasteiger partial charge on any atom is -0.478 e. The lowest BCUT2D eigenvalue weighted by atomic mass is 10.2. The van der Waals surface area contributed by atoms with E-state index in [0.717, 1.165) is 12.1 Å². The summed E-state index contributed by atoms with van der Waals surface area (Å²) in [5.74, 6) is 4.17. The van der Waals surface area contributed by atoms with E-state index in [9.17, 15) is 13.2 Å². The zero-order valence-electron chi connectivity index (χ0n) is 10.1. The molecule has 0 saturated carbocycles. The van der Waals surface area contributed by atoms with Crippen LogP contribution < -0.4 is 4.72 Å². The molecule has 102 valence electrons. The first-order valence-corrected chi connectivity index (χ1v) is 7.16. The summed E-state index contributed by atoms with van der Waals surface area (Å²) in [5.41, 5.74) is -0.141. The Hall–Kier alpha value is -1.55. The molecule has 1 aromatic carbocycles. The summed E-state index contributed by atoms with van der Waals surface area (Å²) < 4.78 is 26.1. The van der Waals surface area contributed by atoms with Crippen molar-refractivity contribution in [2.24, 2.45) is 0 Å². The number of nitrogens with one attached hydrogen (secondary N) is 1. The summed E-state index contributed by atoms with van der Waals surface area (Å²) >= 11 is 5.72. The molecule has 1 aromatic rings. The average molecular weight is 302 g/mol. The molecule has 0 unspecified atom stereocenters. The van der Waals surface area contributed by atoms with Gasteiger partial charge in [0.1, 0.15) is 0 Å². The predicted molar refractivity (Wildman–Crippen MR) is 71.7 cm³/mol. The third kappa shape index (κ3) is 4.24. The van der Waals surface area contributed by atoms with Gasteiger partial charge in [0, 0.05) is 13.0 Å². The maximum Gasteiger partial charge on any atom is 0.337 e. The molecule has 0 atom stereocenters. The van der Waals surface area contributed by atoms with E-state index in [1.807, 2.05) is 0 Å². The van der Waals surface area contributed by atoms with E-state index in [1.165, 1.54) is 6.07 Å². The minimum absolute atomic E-state index is 0.0769. The summed E-state index contributed by atoms with van der Waals surface area (Å²) in [6, 6.07) is 3.47. The monoisotopic (exact) mass is 301 g/mol. The predicted octanol–water partition coefficient (Wildman–Crippen LogP) is 1.73. The summed E-state index contributed by atoms with van der Waals surface area (Å²) in [6.07, 6.45) is 0.399. The van der Waals surface area contributed by atoms with Crippen molar-refractivity contribution in [3.63, 3.8) is 0 Å². The van der Waals surface area contributed by atoms with E-state index in [1.54, 1.807) is 6.92 Å². The van der Waals surface area contributed by atoms with E-state index in [2.05, 4.69) is 16.6 Å². The highest BCUT2D eigenvalue weighted by molar-refractivity contribution is 7.89. The third-order valence-corrected chi connectivity index (χ3v) is 3.97. The number of halogens is 1. The van der Waals surface area contributed by atoms with Crippen LogP contribution in [0.5, 0.6) is 0 Å². The molecular formula is C12H12ClNO4S. The van der Waals surface area contributed by atoms with Crippen molar-refractivity contribution in [1.29, 1.82) is 0 Å². The summed E-state index contributed by atoms with van der Waals surface area (Å²) in [6.45, 7) is 1.85. The van der Waals surface area contributed by atoms with Crippen LogP contribution in [-0.2, 0) is 10.0 Å². The highest BCUT2D eigenvalue weighted by atomic mass is 35.5. The number of rotatable bonds is 5. The van der Waals surface area contributed by atoms with Crippen molar-refractivity contribution in [3.8, 4) is 11.8 Å². The van der Waals surface area contributed by atoms with E-state index >= 15 is 0 Å². The van der Waals surface area contributed by atoms with Gasteiger partial charge in [-0.2, -0.15) is 0 Å². The Morgan fingerprint density at radius 1 is 1.47 bits per heavy atom. The fourth-order valence-corrected chi connectivity index (χ4v) is 2.68. The Kier molecular flexibility index (Phi) is 5.36. The van der Waals surface area contributed by atoms with Gasteiger partial charge in [-0.3, -0.25) is 0 Å². The average Bonchev–Trinajstić information content (AvgIpc) is 2.34. The lowest BCUT2D eigenvalue weighted by Gasteiger charge is -2.06. The standard InChI is InChI=1S/C12H12ClNO4S/c1-2-3-4-7-14-19(17,18)9-5-6-10(12(15)16)11(13)8-9/h5-6,8,14H,4,7H2,1H3,(H,15,16). The fourth-order valence-electron chi connectivity index (χ4n) is 1.29. The molecule has 0 radical (unpaired) electrons. The highest BCUT2D eigenvalue weighted by Gasteiger charge is 2.17. The van der Waals surface area contributed by atoms with Gasteiger partial charge in [-0.05, 0) is 25.1 Å². The molecule has 5 nitrogen and oxygen atoms in total. The van der Waals surface area contributed by atoms with Crippen LogP contribution in [-0.4, -0.2) is 26.0 Å². The van der Waals surface area contributed by atoms with Crippen molar-refractivity contribution in [2.75, 3.05) is 6.54 Å². The van der Waals surface area contributed by atoms with Gasteiger partial charge in [0.2, 0.25) is 10.0 Å². The molecular weight excluding hydrogens is 290 g/mol. The van der Waals surface area contributed by atoms with Gasteiger partial charge in [-0.15, -0.1) is 11.8 Å². The number of sulfonamides is 1. The van der Waals surface area contributed by atoms with Gasteiger partial charge in [0.15, 0.2) is 0 Å². The van der Waals surface area contributed by atoms with Gasteiger partial charge in [-0.1, -0.05) is 11.6 Å². The topological polar surface area (TPSA) is 83.5 Å². The van der Waals surface area contributed by atoms with Crippen LogP contribution in [0.4, 0.5) is 0 Å². The number of hydrogen-bond acceptors (Lipinski definition) is 3. The molecule has 0 fully saturated rings. The molecule has 0 aliphatic carbocycles. The largest absolute Gasteiger partial charge is 0.478 e. The number of carboxylic acids is 1. The van der Waals surface area contributed by atoms with Crippen molar-refractivity contribution in [1.82, 2.24) is 4.72 Å². The second-order valence-corrected chi connectivity index (χ2v) is 5.70. The molecule has 0 spiro atoms. The number of benzene rings is 1. The molecule has 0 aliphatic heterocycles. The van der Waals surface area contributed by atoms with Gasteiger partial charge < -0.3 is 5.11 Å². The van der Waals surface area contributed by atoms with Crippen molar-refractivity contribution < 1.29 is 18.3 Å². The van der Waals surface area contributed by atoms with Gasteiger partial charge in [0.25, 0.3) is 0 Å². The van der Waals surface area contributed by atoms with Crippen LogP contribution in [0.25, 0.3) is 0 Å². The SMILES string of the molecule is CC#CCCNS(=O)(=O)c1ccc(C(=O)O)c(Cl)c1. The third-order valence-electron chi connectivity index (χ3n) is 2.20. The van der Waals surface area contributed by atoms with Crippen LogP contribution in [0.3, 0.4) is 0 Å². The van der Waals surface area contributed by atoms with E-state index in [0.29, 0.717) is 6.42 Å². The Bertz CT molecular complexity index is 643. The first-order chi connectivity index (χ1) is 8.88. The first kappa shape index (κ1) is 15.5. The minimum atomic E-state index is -3.70. The number of aromatic carboxylic acids is 1. The quantitative estimate of drug-likeness (QED) is 0.641. The van der Waals surface area contributed by atoms with E-state index in [4.69, 9.17) is 16.7 Å². The number of hydrogen-bond donors (Lipinski definition) is 2. The van der Waals surface area contributed by atoms with Gasteiger partial charge in [-0.25, -0.2) is 17.9 Å². The second-order valence-electron chi connectivity index (χ2n) is 3.52.